The molecule has 1 atom stereocenters. The molecule has 0 radical (unpaired) electrons. The molecule has 1 unspecified atom stereocenters. The molecule has 1 saturated heterocycles. The molecule has 1 aliphatic rings. The summed E-state index contributed by atoms with van der Waals surface area (Å²) in [6.45, 7) is 1.07. The van der Waals surface area contributed by atoms with Gasteiger partial charge in [0.05, 0.1) is 31.4 Å². The lowest BCUT2D eigenvalue weighted by molar-refractivity contribution is -0.0183. The van der Waals surface area contributed by atoms with E-state index in [0.717, 1.165) is 0 Å². The SMILES string of the molecule is NNc1ncc(Br)cc1C(=O)N1CCOCC1CO. The highest BCUT2D eigenvalue weighted by Gasteiger charge is 2.29. The van der Waals surface area contributed by atoms with Gasteiger partial charge in [-0.15, -0.1) is 0 Å². The van der Waals surface area contributed by atoms with Crippen LogP contribution in [0.3, 0.4) is 0 Å². The highest BCUT2D eigenvalue weighted by Crippen LogP contribution is 2.21. The number of pyridine rings is 1. The van der Waals surface area contributed by atoms with Crippen LogP contribution in [0.2, 0.25) is 0 Å². The molecule has 2 heterocycles. The van der Waals surface area contributed by atoms with Gasteiger partial charge in [0.15, 0.2) is 5.82 Å². The van der Waals surface area contributed by atoms with E-state index < -0.39 is 0 Å². The van der Waals surface area contributed by atoms with Crippen molar-refractivity contribution in [3.8, 4) is 0 Å². The number of hydrogen-bond donors (Lipinski definition) is 3. The van der Waals surface area contributed by atoms with Crippen LogP contribution in [-0.4, -0.2) is 53.3 Å². The number of aliphatic hydroxyl groups excluding tert-OH is 1. The predicted molar refractivity (Wildman–Crippen MR) is 72.5 cm³/mol. The minimum atomic E-state index is -0.342. The highest BCUT2D eigenvalue weighted by atomic mass is 79.9. The molecule has 7 nitrogen and oxygen atoms in total. The second kappa shape index (κ2) is 6.29. The number of halogens is 1. The quantitative estimate of drug-likeness (QED) is 0.531. The summed E-state index contributed by atoms with van der Waals surface area (Å²) in [6.07, 6.45) is 1.55. The van der Waals surface area contributed by atoms with Crippen LogP contribution in [-0.2, 0) is 4.74 Å². The first-order valence-electron chi connectivity index (χ1n) is 5.79. The third-order valence-electron chi connectivity index (χ3n) is 2.92. The summed E-state index contributed by atoms with van der Waals surface area (Å²) >= 11 is 3.27. The maximum absolute atomic E-state index is 12.5. The number of rotatable bonds is 3. The molecule has 0 aromatic carbocycles. The van der Waals surface area contributed by atoms with E-state index in [2.05, 4.69) is 26.3 Å². The minimum Gasteiger partial charge on any atom is -0.394 e. The van der Waals surface area contributed by atoms with Gasteiger partial charge in [-0.1, -0.05) is 0 Å². The number of ether oxygens (including phenoxy) is 1. The summed E-state index contributed by atoms with van der Waals surface area (Å²) in [5.41, 5.74) is 2.76. The number of carbonyl (C=O) groups is 1. The average molecular weight is 331 g/mol. The van der Waals surface area contributed by atoms with E-state index >= 15 is 0 Å². The van der Waals surface area contributed by atoms with E-state index in [1.54, 1.807) is 17.2 Å². The first-order chi connectivity index (χ1) is 9.17. The van der Waals surface area contributed by atoms with Gasteiger partial charge in [0.2, 0.25) is 0 Å². The number of nitrogens with one attached hydrogen (secondary N) is 1. The van der Waals surface area contributed by atoms with Gasteiger partial charge in [0.25, 0.3) is 5.91 Å². The van der Waals surface area contributed by atoms with Crippen molar-refractivity contribution in [2.75, 3.05) is 31.8 Å². The zero-order valence-electron chi connectivity index (χ0n) is 10.2. The molecule has 2 rings (SSSR count). The summed E-state index contributed by atoms with van der Waals surface area (Å²) in [5.74, 6) is 5.43. The largest absolute Gasteiger partial charge is 0.394 e. The first kappa shape index (κ1) is 14.2. The number of hydrazine groups is 1. The second-order valence-electron chi connectivity index (χ2n) is 4.10. The third kappa shape index (κ3) is 3.03. The molecule has 0 bridgehead atoms. The Morgan fingerprint density at radius 2 is 2.53 bits per heavy atom. The topological polar surface area (TPSA) is 101 Å². The zero-order chi connectivity index (χ0) is 13.8. The van der Waals surface area contributed by atoms with Crippen molar-refractivity contribution < 1.29 is 14.6 Å². The number of carbonyl (C=O) groups excluding carboxylic acids is 1. The van der Waals surface area contributed by atoms with Crippen molar-refractivity contribution in [1.82, 2.24) is 9.88 Å². The van der Waals surface area contributed by atoms with Gasteiger partial charge in [-0.25, -0.2) is 10.8 Å². The molecule has 0 aliphatic carbocycles. The zero-order valence-corrected chi connectivity index (χ0v) is 11.8. The van der Waals surface area contributed by atoms with Crippen LogP contribution in [0.4, 0.5) is 5.82 Å². The van der Waals surface area contributed by atoms with Crippen molar-refractivity contribution in [2.45, 2.75) is 6.04 Å². The second-order valence-corrected chi connectivity index (χ2v) is 5.02. The Morgan fingerprint density at radius 3 is 3.21 bits per heavy atom. The van der Waals surface area contributed by atoms with Crippen LogP contribution < -0.4 is 11.3 Å². The summed E-state index contributed by atoms with van der Waals surface area (Å²) in [5, 5.41) is 9.30. The Kier molecular flexibility index (Phi) is 4.70. The van der Waals surface area contributed by atoms with Crippen molar-refractivity contribution in [3.63, 3.8) is 0 Å². The highest BCUT2D eigenvalue weighted by molar-refractivity contribution is 9.10. The van der Waals surface area contributed by atoms with E-state index in [-0.39, 0.29) is 18.6 Å². The van der Waals surface area contributed by atoms with E-state index in [0.29, 0.717) is 35.6 Å². The number of amides is 1. The number of morpholine rings is 1. The number of nitrogens with two attached hydrogens (primary N) is 1. The average Bonchev–Trinajstić information content (AvgIpc) is 2.46. The molecule has 0 spiro atoms. The summed E-state index contributed by atoms with van der Waals surface area (Å²) in [6, 6.07) is 1.31. The number of nitrogens with zero attached hydrogens (tertiary/aromatic N) is 2. The van der Waals surface area contributed by atoms with Gasteiger partial charge in [0, 0.05) is 17.2 Å². The van der Waals surface area contributed by atoms with Gasteiger partial charge >= 0.3 is 0 Å². The molecule has 4 N–H and O–H groups in total. The Morgan fingerprint density at radius 1 is 1.74 bits per heavy atom. The summed E-state index contributed by atoms with van der Waals surface area (Å²) < 4.78 is 5.93. The normalized spacial score (nSPS) is 19.3. The predicted octanol–water partition coefficient (Wildman–Crippen LogP) is -0.0370. The molecular weight excluding hydrogens is 316 g/mol. The van der Waals surface area contributed by atoms with Crippen molar-refractivity contribution in [3.05, 3.63) is 22.3 Å². The molecule has 1 fully saturated rings. The lowest BCUT2D eigenvalue weighted by atomic mass is 10.1. The van der Waals surface area contributed by atoms with Crippen LogP contribution in [0.25, 0.3) is 0 Å². The Bertz CT molecular complexity index is 471. The van der Waals surface area contributed by atoms with Crippen molar-refractivity contribution in [1.29, 1.82) is 0 Å². The molecule has 8 heteroatoms. The van der Waals surface area contributed by atoms with Crippen LogP contribution in [0, 0.1) is 0 Å². The number of nitrogen functional groups attached to an aromatic ring is 1. The smallest absolute Gasteiger partial charge is 0.258 e. The molecule has 1 amide bonds. The maximum Gasteiger partial charge on any atom is 0.258 e. The van der Waals surface area contributed by atoms with E-state index in [9.17, 15) is 9.90 Å². The standard InChI is InChI=1S/C11H15BrN4O3/c12-7-3-9(10(15-13)14-4-7)11(18)16-1-2-19-6-8(16)5-17/h3-4,8,17H,1-2,5-6,13H2,(H,14,15). The fraction of sp³-hybridized carbons (Fsp3) is 0.455. The lowest BCUT2D eigenvalue weighted by Crippen LogP contribution is -2.50. The fourth-order valence-corrected chi connectivity index (χ4v) is 2.28. The van der Waals surface area contributed by atoms with Gasteiger partial charge in [0.1, 0.15) is 0 Å². The summed E-state index contributed by atoms with van der Waals surface area (Å²) in [4.78, 5) is 18.1. The molecule has 1 aromatic rings. The molecule has 0 saturated carbocycles. The maximum atomic E-state index is 12.5. The Hall–Kier alpha value is -1.22. The number of hydrogen-bond acceptors (Lipinski definition) is 6. The van der Waals surface area contributed by atoms with E-state index in [1.165, 1.54) is 0 Å². The summed E-state index contributed by atoms with van der Waals surface area (Å²) in [7, 11) is 0. The van der Waals surface area contributed by atoms with Gasteiger partial charge in [-0.3, -0.25) is 4.79 Å². The molecule has 1 aliphatic heterocycles. The monoisotopic (exact) mass is 330 g/mol. The van der Waals surface area contributed by atoms with Crippen molar-refractivity contribution >= 4 is 27.7 Å². The Labute approximate surface area is 118 Å². The van der Waals surface area contributed by atoms with Gasteiger partial charge in [-0.2, -0.15) is 0 Å². The van der Waals surface area contributed by atoms with E-state index in [1.807, 2.05) is 0 Å². The fourth-order valence-electron chi connectivity index (χ4n) is 1.95. The molecule has 104 valence electrons. The third-order valence-corrected chi connectivity index (χ3v) is 3.35. The van der Waals surface area contributed by atoms with Crippen LogP contribution in [0.1, 0.15) is 10.4 Å². The van der Waals surface area contributed by atoms with Gasteiger partial charge in [-0.05, 0) is 22.0 Å². The lowest BCUT2D eigenvalue weighted by Gasteiger charge is -2.34. The van der Waals surface area contributed by atoms with Gasteiger partial charge < -0.3 is 20.2 Å². The van der Waals surface area contributed by atoms with E-state index in [4.69, 9.17) is 10.6 Å². The minimum absolute atomic E-state index is 0.140. The van der Waals surface area contributed by atoms with Crippen LogP contribution in [0.5, 0.6) is 0 Å². The molecular formula is C11H15BrN4O3. The molecule has 19 heavy (non-hydrogen) atoms. The number of anilines is 1. The first-order valence-corrected chi connectivity index (χ1v) is 6.58. The van der Waals surface area contributed by atoms with Crippen LogP contribution >= 0.6 is 15.9 Å². The molecule has 1 aromatic heterocycles. The number of aromatic nitrogens is 1. The van der Waals surface area contributed by atoms with Crippen LogP contribution in [0.15, 0.2) is 16.7 Å². The van der Waals surface area contributed by atoms with Crippen molar-refractivity contribution in [2.24, 2.45) is 5.84 Å². The Balaban J connectivity index is 2.29. The number of aliphatic hydroxyl groups is 1.